The highest BCUT2D eigenvalue weighted by Crippen LogP contribution is 2.27. The van der Waals surface area contributed by atoms with Gasteiger partial charge in [-0.15, -0.1) is 0 Å². The summed E-state index contributed by atoms with van der Waals surface area (Å²) in [6, 6.07) is 11.5. The van der Waals surface area contributed by atoms with Crippen molar-refractivity contribution in [2.75, 3.05) is 31.6 Å². The van der Waals surface area contributed by atoms with Crippen LogP contribution in [0.2, 0.25) is 0 Å². The second-order valence-corrected chi connectivity index (χ2v) is 7.70. The Bertz CT molecular complexity index is 405. The van der Waals surface area contributed by atoms with E-state index in [0.717, 1.165) is 13.1 Å². The van der Waals surface area contributed by atoms with Gasteiger partial charge in [0.1, 0.15) is 0 Å². The lowest BCUT2D eigenvalue weighted by atomic mass is 9.94. The molecule has 1 saturated heterocycles. The summed E-state index contributed by atoms with van der Waals surface area (Å²) in [5, 5.41) is 3.70. The molecule has 1 atom stereocenters. The van der Waals surface area contributed by atoms with Gasteiger partial charge in [0.2, 0.25) is 0 Å². The van der Waals surface area contributed by atoms with Crippen molar-refractivity contribution in [3.8, 4) is 0 Å². The Kier molecular flexibility index (Phi) is 6.59. The van der Waals surface area contributed by atoms with Crippen molar-refractivity contribution in [2.45, 2.75) is 44.7 Å². The number of hydrogen-bond donors (Lipinski definition) is 1. The van der Waals surface area contributed by atoms with Crippen LogP contribution in [-0.4, -0.2) is 42.1 Å². The van der Waals surface area contributed by atoms with Crippen LogP contribution in [-0.2, 0) is 0 Å². The minimum Gasteiger partial charge on any atom is -0.309 e. The van der Waals surface area contributed by atoms with Gasteiger partial charge in [-0.05, 0) is 50.8 Å². The van der Waals surface area contributed by atoms with E-state index >= 15 is 0 Å². The molecule has 2 nitrogen and oxygen atoms in total. The second kappa shape index (κ2) is 8.21. The Labute approximate surface area is 134 Å². The van der Waals surface area contributed by atoms with Gasteiger partial charge in [-0.3, -0.25) is 4.90 Å². The molecule has 1 heterocycles. The zero-order chi connectivity index (χ0) is 15.1. The first-order chi connectivity index (χ1) is 10.1. The molecule has 3 heteroatoms. The van der Waals surface area contributed by atoms with E-state index in [2.05, 4.69) is 60.7 Å². The van der Waals surface area contributed by atoms with E-state index in [0.29, 0.717) is 6.04 Å². The first-order valence-corrected chi connectivity index (χ1v) is 9.55. The molecule has 2 rings (SSSR count). The van der Waals surface area contributed by atoms with Crippen molar-refractivity contribution in [1.82, 2.24) is 10.2 Å². The summed E-state index contributed by atoms with van der Waals surface area (Å²) < 4.78 is 0. The van der Waals surface area contributed by atoms with Gasteiger partial charge in [0.15, 0.2) is 0 Å². The summed E-state index contributed by atoms with van der Waals surface area (Å²) in [4.78, 5) is 2.69. The molecule has 1 N–H and O–H groups in total. The SMILES string of the molecule is CSCCCCCN1CC(C)(C)NCC1c1ccccc1. The number of nitrogens with zero attached hydrogens (tertiary/aromatic N) is 1. The molecule has 0 spiro atoms. The zero-order valence-electron chi connectivity index (χ0n) is 13.8. The lowest BCUT2D eigenvalue weighted by Crippen LogP contribution is -2.58. The number of thioether (sulfide) groups is 1. The maximum atomic E-state index is 3.70. The van der Waals surface area contributed by atoms with Gasteiger partial charge in [0.05, 0.1) is 0 Å². The van der Waals surface area contributed by atoms with Crippen LogP contribution in [0.25, 0.3) is 0 Å². The predicted molar refractivity (Wildman–Crippen MR) is 95.1 cm³/mol. The third-order valence-corrected chi connectivity index (χ3v) is 4.99. The Morgan fingerprint density at radius 3 is 2.67 bits per heavy atom. The van der Waals surface area contributed by atoms with Crippen LogP contribution >= 0.6 is 11.8 Å². The minimum atomic E-state index is 0.227. The minimum absolute atomic E-state index is 0.227. The maximum absolute atomic E-state index is 3.70. The molecule has 1 aromatic rings. The number of piperazine rings is 1. The molecule has 118 valence electrons. The van der Waals surface area contributed by atoms with Crippen molar-refractivity contribution in [1.29, 1.82) is 0 Å². The molecular formula is C18H30N2S. The monoisotopic (exact) mass is 306 g/mol. The van der Waals surface area contributed by atoms with E-state index in [-0.39, 0.29) is 5.54 Å². The van der Waals surface area contributed by atoms with Crippen molar-refractivity contribution in [3.05, 3.63) is 35.9 Å². The fraction of sp³-hybridized carbons (Fsp3) is 0.667. The Morgan fingerprint density at radius 2 is 1.95 bits per heavy atom. The lowest BCUT2D eigenvalue weighted by molar-refractivity contribution is 0.0933. The van der Waals surface area contributed by atoms with Crippen LogP contribution in [0.5, 0.6) is 0 Å². The van der Waals surface area contributed by atoms with Crippen LogP contribution < -0.4 is 5.32 Å². The standard InChI is InChI=1S/C18H30N2S/c1-18(2)15-20(12-8-5-9-13-21-3)17(14-19-18)16-10-6-4-7-11-16/h4,6-7,10-11,17,19H,5,8-9,12-15H2,1-3H3. The molecule has 21 heavy (non-hydrogen) atoms. The molecule has 1 aliphatic heterocycles. The Balaban J connectivity index is 1.94. The predicted octanol–water partition coefficient (Wildman–Crippen LogP) is 3.94. The zero-order valence-corrected chi connectivity index (χ0v) is 14.6. The second-order valence-electron chi connectivity index (χ2n) is 6.72. The van der Waals surface area contributed by atoms with E-state index in [1.165, 1.54) is 37.1 Å². The summed E-state index contributed by atoms with van der Waals surface area (Å²) in [5.41, 5.74) is 1.68. The average molecular weight is 307 g/mol. The van der Waals surface area contributed by atoms with Gasteiger partial charge in [0, 0.05) is 24.7 Å². The molecule has 0 radical (unpaired) electrons. The van der Waals surface area contributed by atoms with Gasteiger partial charge in [-0.25, -0.2) is 0 Å². The molecule has 0 aromatic heterocycles. The van der Waals surface area contributed by atoms with Gasteiger partial charge in [0.25, 0.3) is 0 Å². The van der Waals surface area contributed by atoms with Crippen molar-refractivity contribution in [2.24, 2.45) is 0 Å². The number of unbranched alkanes of at least 4 members (excludes halogenated alkanes) is 2. The summed E-state index contributed by atoms with van der Waals surface area (Å²) in [6.07, 6.45) is 6.23. The highest BCUT2D eigenvalue weighted by molar-refractivity contribution is 7.98. The van der Waals surface area contributed by atoms with Crippen molar-refractivity contribution < 1.29 is 0 Å². The number of hydrogen-bond acceptors (Lipinski definition) is 3. The third kappa shape index (κ3) is 5.32. The summed E-state index contributed by atoms with van der Waals surface area (Å²) >= 11 is 1.96. The van der Waals surface area contributed by atoms with Gasteiger partial charge < -0.3 is 5.32 Å². The van der Waals surface area contributed by atoms with Crippen LogP contribution in [0, 0.1) is 0 Å². The first-order valence-electron chi connectivity index (χ1n) is 8.15. The lowest BCUT2D eigenvalue weighted by Gasteiger charge is -2.45. The molecule has 1 fully saturated rings. The number of rotatable bonds is 7. The van der Waals surface area contributed by atoms with E-state index in [9.17, 15) is 0 Å². The molecule has 1 aromatic carbocycles. The number of nitrogens with one attached hydrogen (secondary N) is 1. The maximum Gasteiger partial charge on any atom is 0.0473 e. The molecule has 0 amide bonds. The van der Waals surface area contributed by atoms with Crippen LogP contribution in [0.3, 0.4) is 0 Å². The normalized spacial score (nSPS) is 22.3. The fourth-order valence-electron chi connectivity index (χ4n) is 3.15. The van der Waals surface area contributed by atoms with Crippen LogP contribution in [0.1, 0.15) is 44.7 Å². The highest BCUT2D eigenvalue weighted by atomic mass is 32.2. The molecule has 1 unspecified atom stereocenters. The highest BCUT2D eigenvalue weighted by Gasteiger charge is 2.32. The van der Waals surface area contributed by atoms with E-state index in [1.807, 2.05) is 11.8 Å². The van der Waals surface area contributed by atoms with Gasteiger partial charge in [-0.1, -0.05) is 36.8 Å². The molecule has 0 bridgehead atoms. The van der Waals surface area contributed by atoms with E-state index in [1.54, 1.807) is 0 Å². The van der Waals surface area contributed by atoms with Gasteiger partial charge in [-0.2, -0.15) is 11.8 Å². The van der Waals surface area contributed by atoms with Gasteiger partial charge >= 0.3 is 0 Å². The number of benzene rings is 1. The quantitative estimate of drug-likeness (QED) is 0.768. The largest absolute Gasteiger partial charge is 0.309 e. The Morgan fingerprint density at radius 1 is 1.19 bits per heavy atom. The van der Waals surface area contributed by atoms with Crippen LogP contribution in [0.15, 0.2) is 30.3 Å². The van der Waals surface area contributed by atoms with Crippen LogP contribution in [0.4, 0.5) is 0 Å². The molecule has 1 aliphatic rings. The summed E-state index contributed by atoms with van der Waals surface area (Å²) in [5.74, 6) is 1.30. The van der Waals surface area contributed by atoms with E-state index in [4.69, 9.17) is 0 Å². The third-order valence-electron chi connectivity index (χ3n) is 4.29. The fourth-order valence-corrected chi connectivity index (χ4v) is 3.65. The van der Waals surface area contributed by atoms with Crippen molar-refractivity contribution >= 4 is 11.8 Å². The smallest absolute Gasteiger partial charge is 0.0473 e. The average Bonchev–Trinajstić information content (AvgIpc) is 2.47. The van der Waals surface area contributed by atoms with Crippen molar-refractivity contribution in [3.63, 3.8) is 0 Å². The first kappa shape index (κ1) is 16.9. The molecule has 0 saturated carbocycles. The van der Waals surface area contributed by atoms with E-state index < -0.39 is 0 Å². The Hall–Kier alpha value is -0.510. The topological polar surface area (TPSA) is 15.3 Å². The summed E-state index contributed by atoms with van der Waals surface area (Å²) in [7, 11) is 0. The molecular weight excluding hydrogens is 276 g/mol. The summed E-state index contributed by atoms with van der Waals surface area (Å²) in [6.45, 7) is 8.04. The molecule has 0 aliphatic carbocycles.